The molecular weight excluding hydrogens is 471 g/mol. The molecule has 3 rings (SSSR count). The van der Waals surface area contributed by atoms with E-state index in [1.165, 1.54) is 17.0 Å². The first-order valence-corrected chi connectivity index (χ1v) is 11.9. The molecule has 1 aromatic rings. The quantitative estimate of drug-likeness (QED) is 0.451. The smallest absolute Gasteiger partial charge is 0.355 e. The Morgan fingerprint density at radius 3 is 2.41 bits per heavy atom. The number of amides is 4. The number of alkyl halides is 3. The zero-order valence-electron chi connectivity index (χ0n) is 18.7. The van der Waals surface area contributed by atoms with Crippen LogP contribution in [-0.4, -0.2) is 58.9 Å². The number of carbonyl (C=O) groups is 4. The highest BCUT2D eigenvalue weighted by Crippen LogP contribution is 2.37. The Balaban J connectivity index is 1.62. The fourth-order valence-electron chi connectivity index (χ4n) is 3.85. The van der Waals surface area contributed by atoms with Crippen molar-refractivity contribution in [2.75, 3.05) is 26.2 Å². The monoisotopic (exact) mass is 497 g/mol. The highest BCUT2D eigenvalue weighted by atomic mass is 32.2. The molecule has 1 N–H and O–H groups in total. The summed E-state index contributed by atoms with van der Waals surface area (Å²) in [6, 6.07) is 4.64. The number of carbonyl (C=O) groups excluding carboxylic acids is 4. The van der Waals surface area contributed by atoms with Crippen LogP contribution in [0.2, 0.25) is 0 Å². The molecule has 0 bridgehead atoms. The van der Waals surface area contributed by atoms with Gasteiger partial charge >= 0.3 is 6.18 Å². The maximum Gasteiger partial charge on any atom is 0.417 e. The Kier molecular flexibility index (Phi) is 8.40. The Bertz CT molecular complexity index is 999. The molecule has 0 aliphatic carbocycles. The molecular formula is C23H26F3N3O4S. The highest BCUT2D eigenvalue weighted by molar-refractivity contribution is 8.18. The van der Waals surface area contributed by atoms with E-state index in [4.69, 9.17) is 0 Å². The van der Waals surface area contributed by atoms with Crippen LogP contribution < -0.4 is 5.32 Å². The summed E-state index contributed by atoms with van der Waals surface area (Å²) in [6.07, 6.45) is -1.33. The Morgan fingerprint density at radius 2 is 1.76 bits per heavy atom. The first kappa shape index (κ1) is 25.8. The lowest BCUT2D eigenvalue weighted by molar-refractivity contribution is -0.138. The molecule has 2 fully saturated rings. The summed E-state index contributed by atoms with van der Waals surface area (Å²) >= 11 is 0.759. The number of thioether (sulfide) groups is 1. The van der Waals surface area contributed by atoms with Crippen molar-refractivity contribution in [3.05, 3.63) is 45.9 Å². The van der Waals surface area contributed by atoms with Crippen LogP contribution in [0.15, 0.2) is 34.7 Å². The van der Waals surface area contributed by atoms with E-state index in [1.54, 1.807) is 0 Å². The number of hydrogen-bond acceptors (Lipinski definition) is 5. The van der Waals surface area contributed by atoms with Gasteiger partial charge in [-0.05, 0) is 48.7 Å². The predicted molar refractivity (Wildman–Crippen MR) is 121 cm³/mol. The lowest BCUT2D eigenvalue weighted by Crippen LogP contribution is -2.40. The summed E-state index contributed by atoms with van der Waals surface area (Å²) < 4.78 is 39.8. The molecule has 0 radical (unpaired) electrons. The number of hydrogen-bond donors (Lipinski definition) is 1. The van der Waals surface area contributed by atoms with Gasteiger partial charge in [0.25, 0.3) is 17.1 Å². The number of benzene rings is 1. The molecule has 7 nitrogen and oxygen atoms in total. The van der Waals surface area contributed by atoms with E-state index in [9.17, 15) is 32.3 Å². The van der Waals surface area contributed by atoms with Gasteiger partial charge in [-0.2, -0.15) is 13.2 Å². The molecule has 2 heterocycles. The Labute approximate surface area is 199 Å². The van der Waals surface area contributed by atoms with Gasteiger partial charge in [0, 0.05) is 19.6 Å². The number of piperidine rings is 1. The van der Waals surface area contributed by atoms with Crippen LogP contribution in [0.1, 0.15) is 54.9 Å². The molecule has 34 heavy (non-hydrogen) atoms. The largest absolute Gasteiger partial charge is 0.417 e. The zero-order chi connectivity index (χ0) is 24.9. The van der Waals surface area contributed by atoms with E-state index < -0.39 is 40.3 Å². The third-order valence-corrected chi connectivity index (χ3v) is 6.75. The summed E-state index contributed by atoms with van der Waals surface area (Å²) in [5.41, 5.74) is -0.731. The van der Waals surface area contributed by atoms with Gasteiger partial charge in [0.1, 0.15) is 6.54 Å². The minimum atomic E-state index is -4.64. The van der Waals surface area contributed by atoms with Crippen molar-refractivity contribution < 1.29 is 32.3 Å². The third-order valence-electron chi connectivity index (χ3n) is 5.69. The highest BCUT2D eigenvalue weighted by Gasteiger charge is 2.40. The maximum atomic E-state index is 13.3. The summed E-state index contributed by atoms with van der Waals surface area (Å²) in [5, 5.41) is 2.16. The summed E-state index contributed by atoms with van der Waals surface area (Å²) in [7, 11) is 0. The molecule has 1 aromatic carbocycles. The van der Waals surface area contributed by atoms with Crippen LogP contribution in [0.5, 0.6) is 0 Å². The summed E-state index contributed by atoms with van der Waals surface area (Å²) in [6.45, 7) is 2.42. The molecule has 0 aromatic heterocycles. The van der Waals surface area contributed by atoms with E-state index in [2.05, 4.69) is 5.32 Å². The van der Waals surface area contributed by atoms with Crippen molar-refractivity contribution in [1.82, 2.24) is 15.1 Å². The number of nitrogens with zero attached hydrogens (tertiary/aromatic N) is 2. The second-order valence-electron chi connectivity index (χ2n) is 8.08. The molecule has 11 heteroatoms. The SMILES string of the molecule is CCCCCNC(=O)CN1C(=O)SC(=C2CCN(C(=O)c3ccccc3C(F)(F)F)CC2)C1=O. The van der Waals surface area contributed by atoms with Crippen LogP contribution in [0.3, 0.4) is 0 Å². The van der Waals surface area contributed by atoms with Crippen molar-refractivity contribution in [2.24, 2.45) is 0 Å². The second kappa shape index (κ2) is 11.1. The van der Waals surface area contributed by atoms with Crippen LogP contribution in [0, 0.1) is 0 Å². The van der Waals surface area contributed by atoms with Crippen molar-refractivity contribution in [1.29, 1.82) is 0 Å². The van der Waals surface area contributed by atoms with E-state index in [0.717, 1.165) is 48.1 Å². The molecule has 0 spiro atoms. The van der Waals surface area contributed by atoms with Crippen LogP contribution in [0.25, 0.3) is 0 Å². The topological polar surface area (TPSA) is 86.8 Å². The standard InChI is InChI=1S/C23H26F3N3O4S/c1-2-3-6-11-27-18(30)14-29-21(32)19(34-22(29)33)15-9-12-28(13-10-15)20(31)16-7-4-5-8-17(16)23(24,25)26/h4-5,7-8H,2-3,6,9-14H2,1H3,(H,27,30). The molecule has 4 amide bonds. The lowest BCUT2D eigenvalue weighted by Gasteiger charge is -2.29. The van der Waals surface area contributed by atoms with Gasteiger partial charge in [0.05, 0.1) is 16.0 Å². The number of unbranched alkanes of at least 4 members (excludes halogenated alkanes) is 2. The lowest BCUT2D eigenvalue weighted by atomic mass is 10.0. The first-order valence-electron chi connectivity index (χ1n) is 11.1. The van der Waals surface area contributed by atoms with Crippen LogP contribution in [-0.2, 0) is 15.8 Å². The normalized spacial score (nSPS) is 16.9. The average molecular weight is 498 g/mol. The number of nitrogens with one attached hydrogen (secondary N) is 1. The molecule has 2 aliphatic rings. The molecule has 0 unspecified atom stereocenters. The molecule has 2 aliphatic heterocycles. The number of likely N-dealkylation sites (tertiary alicyclic amines) is 1. The molecule has 184 valence electrons. The van der Waals surface area contributed by atoms with Gasteiger partial charge in [0.15, 0.2) is 0 Å². The van der Waals surface area contributed by atoms with Crippen LogP contribution in [0.4, 0.5) is 18.0 Å². The van der Waals surface area contributed by atoms with E-state index >= 15 is 0 Å². The van der Waals surface area contributed by atoms with Gasteiger partial charge in [-0.15, -0.1) is 0 Å². The first-order chi connectivity index (χ1) is 16.1. The van der Waals surface area contributed by atoms with Gasteiger partial charge in [0.2, 0.25) is 5.91 Å². The van der Waals surface area contributed by atoms with Crippen molar-refractivity contribution >= 4 is 34.7 Å². The van der Waals surface area contributed by atoms with E-state index in [0.29, 0.717) is 12.1 Å². The van der Waals surface area contributed by atoms with Gasteiger partial charge < -0.3 is 10.2 Å². The third kappa shape index (κ3) is 5.99. The predicted octanol–water partition coefficient (Wildman–Crippen LogP) is 4.20. The van der Waals surface area contributed by atoms with E-state index in [1.807, 2.05) is 6.92 Å². The number of imide groups is 1. The maximum absolute atomic E-state index is 13.3. The van der Waals surface area contributed by atoms with Crippen molar-refractivity contribution in [3.63, 3.8) is 0 Å². The Morgan fingerprint density at radius 1 is 1.09 bits per heavy atom. The van der Waals surface area contributed by atoms with Gasteiger partial charge in [-0.25, -0.2) is 0 Å². The molecule has 2 saturated heterocycles. The van der Waals surface area contributed by atoms with E-state index in [-0.39, 0.29) is 37.4 Å². The minimum absolute atomic E-state index is 0.129. The summed E-state index contributed by atoms with van der Waals surface area (Å²) in [5.74, 6) is -1.68. The van der Waals surface area contributed by atoms with Crippen molar-refractivity contribution in [3.8, 4) is 0 Å². The molecule has 0 saturated carbocycles. The van der Waals surface area contributed by atoms with Crippen molar-refractivity contribution in [2.45, 2.75) is 45.2 Å². The minimum Gasteiger partial charge on any atom is -0.355 e. The number of halogens is 3. The fourth-order valence-corrected chi connectivity index (χ4v) is 4.83. The second-order valence-corrected chi connectivity index (χ2v) is 9.05. The fraction of sp³-hybridized carbons (Fsp3) is 0.478. The van der Waals surface area contributed by atoms with Crippen LogP contribution >= 0.6 is 11.8 Å². The number of rotatable bonds is 7. The molecule has 0 atom stereocenters. The summed E-state index contributed by atoms with van der Waals surface area (Å²) in [4.78, 5) is 52.4. The average Bonchev–Trinajstić information content (AvgIpc) is 3.09. The van der Waals surface area contributed by atoms with Gasteiger partial charge in [-0.3, -0.25) is 24.1 Å². The Hall–Kier alpha value is -2.82. The zero-order valence-corrected chi connectivity index (χ0v) is 19.6. The van der Waals surface area contributed by atoms with Gasteiger partial charge in [-0.1, -0.05) is 31.9 Å².